The van der Waals surface area contributed by atoms with E-state index in [4.69, 9.17) is 0 Å². The summed E-state index contributed by atoms with van der Waals surface area (Å²) in [6.45, 7) is 0. The molecule has 2 heterocycles. The number of nitrogens with one attached hydrogen (secondary N) is 2. The van der Waals surface area contributed by atoms with Gasteiger partial charge in [-0.2, -0.15) is 0 Å². The molecule has 3 aromatic carbocycles. The molecular formula is C24H20N2. The van der Waals surface area contributed by atoms with Crippen molar-refractivity contribution in [2.75, 3.05) is 0 Å². The third-order valence-electron chi connectivity index (χ3n) is 6.74. The van der Waals surface area contributed by atoms with E-state index >= 15 is 0 Å². The van der Waals surface area contributed by atoms with E-state index in [1.54, 1.807) is 11.1 Å². The predicted molar refractivity (Wildman–Crippen MR) is 109 cm³/mol. The molecule has 126 valence electrons. The van der Waals surface area contributed by atoms with E-state index in [2.05, 4.69) is 46.4 Å². The van der Waals surface area contributed by atoms with Crippen LogP contribution in [0.2, 0.25) is 0 Å². The molecule has 5 aromatic rings. The van der Waals surface area contributed by atoms with Crippen LogP contribution in [0.15, 0.2) is 36.4 Å². The molecule has 0 bridgehead atoms. The minimum Gasteiger partial charge on any atom is -0.354 e. The van der Waals surface area contributed by atoms with Gasteiger partial charge in [-0.25, -0.2) is 0 Å². The number of benzene rings is 3. The van der Waals surface area contributed by atoms with Crippen LogP contribution in [0.4, 0.5) is 0 Å². The fourth-order valence-electron chi connectivity index (χ4n) is 5.44. The molecule has 0 atom stereocenters. The maximum absolute atomic E-state index is 3.69. The molecular weight excluding hydrogens is 316 g/mol. The van der Waals surface area contributed by atoms with E-state index in [1.807, 2.05) is 0 Å². The van der Waals surface area contributed by atoms with Gasteiger partial charge in [0.2, 0.25) is 0 Å². The molecule has 0 radical (unpaired) electrons. The summed E-state index contributed by atoms with van der Waals surface area (Å²) in [5.74, 6) is 0. The second-order valence-corrected chi connectivity index (χ2v) is 8.23. The second-order valence-electron chi connectivity index (χ2n) is 8.23. The second kappa shape index (κ2) is 4.50. The number of aromatic nitrogens is 2. The summed E-state index contributed by atoms with van der Waals surface area (Å²) in [5.41, 5.74) is 11.3. The first kappa shape index (κ1) is 13.5. The normalized spacial score (nSPS) is 16.3. The fraction of sp³-hybridized carbons (Fsp3) is 0.250. The lowest BCUT2D eigenvalue weighted by molar-refractivity contribution is 0.912. The number of H-pyrrole nitrogens is 2. The largest absolute Gasteiger partial charge is 0.354 e. The van der Waals surface area contributed by atoms with Crippen LogP contribution in [-0.2, 0) is 25.7 Å². The molecule has 0 aliphatic heterocycles. The van der Waals surface area contributed by atoms with Crippen LogP contribution in [0.3, 0.4) is 0 Å². The average Bonchev–Trinajstić information content (AvgIpc) is 3.40. The molecule has 2 aliphatic carbocycles. The molecule has 26 heavy (non-hydrogen) atoms. The van der Waals surface area contributed by atoms with Gasteiger partial charge in [-0.15, -0.1) is 0 Å². The molecule has 7 rings (SSSR count). The summed E-state index contributed by atoms with van der Waals surface area (Å²) in [5, 5.41) is 5.45. The molecule has 0 spiro atoms. The summed E-state index contributed by atoms with van der Waals surface area (Å²) in [7, 11) is 0. The van der Waals surface area contributed by atoms with E-state index < -0.39 is 0 Å². The predicted octanol–water partition coefficient (Wildman–Crippen LogP) is 5.93. The Balaban J connectivity index is 1.58. The van der Waals surface area contributed by atoms with Gasteiger partial charge in [-0.1, -0.05) is 0 Å². The van der Waals surface area contributed by atoms with Crippen LogP contribution in [0.5, 0.6) is 0 Å². The molecule has 2 heteroatoms. The Labute approximate surface area is 151 Å². The van der Waals surface area contributed by atoms with Gasteiger partial charge in [-0.05, 0) is 97.2 Å². The van der Waals surface area contributed by atoms with Crippen molar-refractivity contribution >= 4 is 43.6 Å². The molecule has 0 saturated heterocycles. The molecule has 0 amide bonds. The lowest BCUT2D eigenvalue weighted by Gasteiger charge is -1.99. The number of hydrogen-bond donors (Lipinski definition) is 2. The number of fused-ring (bicyclic) bond motifs is 8. The summed E-state index contributed by atoms with van der Waals surface area (Å²) in [4.78, 5) is 7.39. The van der Waals surface area contributed by atoms with E-state index in [9.17, 15) is 0 Å². The van der Waals surface area contributed by atoms with Crippen molar-refractivity contribution in [2.45, 2.75) is 38.5 Å². The molecule has 2 aromatic heterocycles. The molecule has 0 saturated carbocycles. The lowest BCUT2D eigenvalue weighted by atomic mass is 10.0. The fourth-order valence-corrected chi connectivity index (χ4v) is 5.44. The van der Waals surface area contributed by atoms with Crippen LogP contribution >= 0.6 is 0 Å². The van der Waals surface area contributed by atoms with Crippen molar-refractivity contribution in [1.82, 2.24) is 9.97 Å². The van der Waals surface area contributed by atoms with Gasteiger partial charge in [0, 0.05) is 43.6 Å². The van der Waals surface area contributed by atoms with Crippen LogP contribution in [0.1, 0.15) is 35.1 Å². The first-order chi connectivity index (χ1) is 12.8. The molecule has 2 N–H and O–H groups in total. The van der Waals surface area contributed by atoms with Crippen molar-refractivity contribution in [1.29, 1.82) is 0 Å². The van der Waals surface area contributed by atoms with Gasteiger partial charge in [0.25, 0.3) is 0 Å². The van der Waals surface area contributed by atoms with Gasteiger partial charge < -0.3 is 9.97 Å². The minimum absolute atomic E-state index is 1.23. The van der Waals surface area contributed by atoms with Crippen LogP contribution in [-0.4, -0.2) is 9.97 Å². The number of aryl methyl sites for hydroxylation is 4. The Morgan fingerprint density at radius 2 is 0.769 bits per heavy atom. The molecule has 2 nitrogen and oxygen atoms in total. The van der Waals surface area contributed by atoms with Crippen molar-refractivity contribution < 1.29 is 0 Å². The minimum atomic E-state index is 1.23. The van der Waals surface area contributed by atoms with E-state index in [-0.39, 0.29) is 0 Å². The highest BCUT2D eigenvalue weighted by atomic mass is 14.7. The quantitative estimate of drug-likeness (QED) is 0.351. The topological polar surface area (TPSA) is 31.6 Å². The zero-order valence-electron chi connectivity index (χ0n) is 14.7. The van der Waals surface area contributed by atoms with Crippen molar-refractivity contribution in [2.24, 2.45) is 0 Å². The summed E-state index contributed by atoms with van der Waals surface area (Å²) in [6.07, 6.45) is 7.54. The Bertz CT molecular complexity index is 1270. The third-order valence-corrected chi connectivity index (χ3v) is 6.74. The van der Waals surface area contributed by atoms with Crippen LogP contribution < -0.4 is 0 Å². The summed E-state index contributed by atoms with van der Waals surface area (Å²) < 4.78 is 0. The van der Waals surface area contributed by atoms with Gasteiger partial charge in [0.1, 0.15) is 0 Å². The van der Waals surface area contributed by atoms with Crippen molar-refractivity contribution in [3.8, 4) is 0 Å². The maximum atomic E-state index is 3.69. The highest BCUT2D eigenvalue weighted by Gasteiger charge is 2.17. The lowest BCUT2D eigenvalue weighted by Crippen LogP contribution is -1.81. The van der Waals surface area contributed by atoms with Gasteiger partial charge in [0.05, 0.1) is 0 Å². The smallest absolute Gasteiger partial charge is 0.0472 e. The first-order valence-corrected chi connectivity index (χ1v) is 9.88. The highest BCUT2D eigenvalue weighted by molar-refractivity contribution is 6.17. The molecule has 2 aliphatic rings. The van der Waals surface area contributed by atoms with Crippen molar-refractivity contribution in [3.63, 3.8) is 0 Å². The zero-order valence-corrected chi connectivity index (χ0v) is 14.7. The first-order valence-electron chi connectivity index (χ1n) is 9.88. The standard InChI is InChI=1S/C24H20N2/c1-3-13-7-17-19-11-24-20(12-23(19)25-21(17)9-15(13)5-1)18-8-14-4-2-6-16(14)10-22(18)26-24/h7-12,25-26H,1-6H2. The summed E-state index contributed by atoms with van der Waals surface area (Å²) >= 11 is 0. The van der Waals surface area contributed by atoms with E-state index in [0.717, 1.165) is 0 Å². The number of rotatable bonds is 0. The highest BCUT2D eigenvalue weighted by Crippen LogP contribution is 2.37. The van der Waals surface area contributed by atoms with Gasteiger partial charge in [-0.3, -0.25) is 0 Å². The Hall–Kier alpha value is -2.74. The van der Waals surface area contributed by atoms with Crippen molar-refractivity contribution in [3.05, 3.63) is 58.7 Å². The Morgan fingerprint density at radius 3 is 1.23 bits per heavy atom. The van der Waals surface area contributed by atoms with E-state index in [0.29, 0.717) is 0 Å². The molecule has 0 fully saturated rings. The zero-order chi connectivity index (χ0) is 16.8. The van der Waals surface area contributed by atoms with Gasteiger partial charge in [0.15, 0.2) is 0 Å². The van der Waals surface area contributed by atoms with Crippen LogP contribution in [0, 0.1) is 0 Å². The number of hydrogen-bond acceptors (Lipinski definition) is 0. The van der Waals surface area contributed by atoms with E-state index in [1.165, 1.54) is 93.3 Å². The average molecular weight is 336 g/mol. The van der Waals surface area contributed by atoms with Gasteiger partial charge >= 0.3 is 0 Å². The number of aromatic amines is 2. The molecule has 0 unspecified atom stereocenters. The summed E-state index contributed by atoms with van der Waals surface area (Å²) in [6, 6.07) is 14.3. The SMILES string of the molecule is c1c2c(cc3c1[nH]c1cc4c(cc13)[nH]c1cc3c(cc14)CCC3)CCC2. The Morgan fingerprint density at radius 1 is 0.423 bits per heavy atom. The monoisotopic (exact) mass is 336 g/mol. The third kappa shape index (κ3) is 1.63. The Kier molecular flexibility index (Phi) is 2.33. The van der Waals surface area contributed by atoms with Crippen LogP contribution in [0.25, 0.3) is 43.6 Å². The maximum Gasteiger partial charge on any atom is 0.0472 e.